The molecule has 96 valence electrons. The molecule has 0 radical (unpaired) electrons. The Hall–Kier alpha value is -1.68. The molecular formula is C14H19N3O. The Morgan fingerprint density at radius 3 is 2.33 bits per heavy atom. The maximum atomic E-state index is 5.71. The largest absolute Gasteiger partial charge is 0.466 e. The van der Waals surface area contributed by atoms with Gasteiger partial charge < -0.3 is 9.73 Å². The lowest BCUT2D eigenvalue weighted by atomic mass is 9.97. The van der Waals surface area contributed by atoms with Gasteiger partial charge >= 0.3 is 0 Å². The van der Waals surface area contributed by atoms with E-state index in [9.17, 15) is 0 Å². The highest BCUT2D eigenvalue weighted by atomic mass is 16.3. The second kappa shape index (κ2) is 5.31. The van der Waals surface area contributed by atoms with E-state index in [4.69, 9.17) is 4.42 Å². The van der Waals surface area contributed by atoms with Crippen LogP contribution < -0.4 is 5.32 Å². The Morgan fingerprint density at radius 2 is 1.83 bits per heavy atom. The summed E-state index contributed by atoms with van der Waals surface area (Å²) in [4.78, 5) is 8.20. The van der Waals surface area contributed by atoms with Gasteiger partial charge in [0.1, 0.15) is 17.8 Å². The van der Waals surface area contributed by atoms with Gasteiger partial charge in [0, 0.05) is 23.5 Å². The molecule has 2 aromatic heterocycles. The molecule has 0 bridgehead atoms. The fourth-order valence-electron chi connectivity index (χ4n) is 2.29. The number of aryl methyl sites for hydroxylation is 2. The molecule has 0 saturated carbocycles. The average Bonchev–Trinajstić information content (AvgIpc) is 2.62. The fourth-order valence-corrected chi connectivity index (χ4v) is 2.29. The summed E-state index contributed by atoms with van der Waals surface area (Å²) >= 11 is 0. The van der Waals surface area contributed by atoms with Gasteiger partial charge in [0.05, 0.1) is 6.04 Å². The molecule has 0 aliphatic rings. The van der Waals surface area contributed by atoms with E-state index in [0.29, 0.717) is 0 Å². The third-order valence-corrected chi connectivity index (χ3v) is 3.23. The van der Waals surface area contributed by atoms with Crippen LogP contribution in [-0.4, -0.2) is 16.5 Å². The van der Waals surface area contributed by atoms with Gasteiger partial charge in [-0.3, -0.25) is 0 Å². The summed E-state index contributed by atoms with van der Waals surface area (Å²) in [5.41, 5.74) is 3.46. The van der Waals surface area contributed by atoms with Crippen molar-refractivity contribution in [3.8, 4) is 0 Å². The van der Waals surface area contributed by atoms with Crippen molar-refractivity contribution in [2.24, 2.45) is 0 Å². The summed E-state index contributed by atoms with van der Waals surface area (Å²) in [6.45, 7) is 9.06. The molecule has 0 aliphatic heterocycles. The van der Waals surface area contributed by atoms with E-state index < -0.39 is 0 Å². The smallest absolute Gasteiger partial charge is 0.115 e. The van der Waals surface area contributed by atoms with E-state index in [2.05, 4.69) is 29.1 Å². The second-order valence-electron chi connectivity index (χ2n) is 4.42. The molecule has 18 heavy (non-hydrogen) atoms. The molecule has 2 rings (SSSR count). The predicted molar refractivity (Wildman–Crippen MR) is 70.5 cm³/mol. The van der Waals surface area contributed by atoms with Crippen LogP contribution in [-0.2, 0) is 0 Å². The molecule has 4 heteroatoms. The van der Waals surface area contributed by atoms with Gasteiger partial charge in [0.15, 0.2) is 0 Å². The summed E-state index contributed by atoms with van der Waals surface area (Å²) < 4.78 is 5.71. The topological polar surface area (TPSA) is 51.0 Å². The van der Waals surface area contributed by atoms with E-state index in [-0.39, 0.29) is 6.04 Å². The van der Waals surface area contributed by atoms with E-state index >= 15 is 0 Å². The van der Waals surface area contributed by atoms with Gasteiger partial charge in [-0.15, -0.1) is 0 Å². The third-order valence-electron chi connectivity index (χ3n) is 3.23. The lowest BCUT2D eigenvalue weighted by Gasteiger charge is -2.18. The van der Waals surface area contributed by atoms with Crippen molar-refractivity contribution in [1.29, 1.82) is 0 Å². The zero-order valence-corrected chi connectivity index (χ0v) is 11.3. The van der Waals surface area contributed by atoms with Crippen molar-refractivity contribution in [2.45, 2.75) is 33.7 Å². The Bertz CT molecular complexity index is 519. The number of hydrogen-bond acceptors (Lipinski definition) is 4. The van der Waals surface area contributed by atoms with Gasteiger partial charge in [0.25, 0.3) is 0 Å². The SMILES string of the molecule is CCNC(c1cncnc1)c1c(C)oc(C)c1C. The molecule has 0 spiro atoms. The van der Waals surface area contributed by atoms with Crippen LogP contribution in [0.15, 0.2) is 23.1 Å². The number of nitrogens with one attached hydrogen (secondary N) is 1. The van der Waals surface area contributed by atoms with E-state index in [0.717, 1.165) is 23.6 Å². The third kappa shape index (κ3) is 2.29. The number of nitrogens with zero attached hydrogens (tertiary/aromatic N) is 2. The molecule has 1 atom stereocenters. The Kier molecular flexibility index (Phi) is 3.77. The highest BCUT2D eigenvalue weighted by Crippen LogP contribution is 2.30. The van der Waals surface area contributed by atoms with Crippen LogP contribution in [0.25, 0.3) is 0 Å². The molecule has 1 unspecified atom stereocenters. The maximum absolute atomic E-state index is 5.71. The summed E-state index contributed by atoms with van der Waals surface area (Å²) in [5.74, 6) is 1.93. The van der Waals surface area contributed by atoms with E-state index in [1.165, 1.54) is 11.1 Å². The molecule has 0 aliphatic carbocycles. The minimum absolute atomic E-state index is 0.0913. The molecule has 1 N–H and O–H groups in total. The van der Waals surface area contributed by atoms with Crippen molar-refractivity contribution in [1.82, 2.24) is 15.3 Å². The summed E-state index contributed by atoms with van der Waals surface area (Å²) in [6.07, 6.45) is 5.25. The summed E-state index contributed by atoms with van der Waals surface area (Å²) in [5, 5.41) is 3.47. The number of hydrogen-bond donors (Lipinski definition) is 1. The molecule has 2 aromatic rings. The molecule has 0 aromatic carbocycles. The fraction of sp³-hybridized carbons (Fsp3) is 0.429. The monoisotopic (exact) mass is 245 g/mol. The van der Waals surface area contributed by atoms with E-state index in [1.807, 2.05) is 26.2 Å². The van der Waals surface area contributed by atoms with Crippen molar-refractivity contribution >= 4 is 0 Å². The van der Waals surface area contributed by atoms with Gasteiger partial charge in [0.2, 0.25) is 0 Å². The van der Waals surface area contributed by atoms with Gasteiger partial charge in [-0.05, 0) is 32.9 Å². The molecule has 0 amide bonds. The number of aromatic nitrogens is 2. The van der Waals surface area contributed by atoms with E-state index in [1.54, 1.807) is 6.33 Å². The highest BCUT2D eigenvalue weighted by molar-refractivity contribution is 5.39. The highest BCUT2D eigenvalue weighted by Gasteiger charge is 2.22. The first-order valence-electron chi connectivity index (χ1n) is 6.20. The van der Waals surface area contributed by atoms with Gasteiger partial charge in [-0.1, -0.05) is 6.92 Å². The molecule has 4 nitrogen and oxygen atoms in total. The van der Waals surface area contributed by atoms with Crippen LogP contribution in [0.3, 0.4) is 0 Å². The van der Waals surface area contributed by atoms with Crippen molar-refractivity contribution < 1.29 is 4.42 Å². The quantitative estimate of drug-likeness (QED) is 0.899. The van der Waals surface area contributed by atoms with Crippen LogP contribution in [0.1, 0.15) is 41.2 Å². The standard InChI is InChI=1S/C14H19N3O/c1-5-17-14(12-6-15-8-16-7-12)13-9(2)10(3)18-11(13)4/h6-8,14,17H,5H2,1-4H3. The van der Waals surface area contributed by atoms with Crippen LogP contribution in [0.5, 0.6) is 0 Å². The number of furan rings is 1. The second-order valence-corrected chi connectivity index (χ2v) is 4.42. The molecule has 2 heterocycles. The van der Waals surface area contributed by atoms with Crippen LogP contribution in [0.2, 0.25) is 0 Å². The van der Waals surface area contributed by atoms with Crippen molar-refractivity contribution in [3.05, 3.63) is 46.9 Å². The lowest BCUT2D eigenvalue weighted by Crippen LogP contribution is -2.23. The predicted octanol–water partition coefficient (Wildman–Crippen LogP) is 2.69. The first-order valence-corrected chi connectivity index (χ1v) is 6.20. The van der Waals surface area contributed by atoms with Gasteiger partial charge in [-0.25, -0.2) is 9.97 Å². The zero-order valence-electron chi connectivity index (χ0n) is 11.3. The summed E-state index contributed by atoms with van der Waals surface area (Å²) in [7, 11) is 0. The minimum atomic E-state index is 0.0913. The lowest BCUT2D eigenvalue weighted by molar-refractivity contribution is 0.494. The Morgan fingerprint density at radius 1 is 1.17 bits per heavy atom. The number of rotatable bonds is 4. The van der Waals surface area contributed by atoms with Crippen LogP contribution in [0.4, 0.5) is 0 Å². The first-order chi connectivity index (χ1) is 8.65. The zero-order chi connectivity index (χ0) is 13.1. The molecule has 0 saturated heterocycles. The van der Waals surface area contributed by atoms with Crippen molar-refractivity contribution in [2.75, 3.05) is 6.54 Å². The molecule has 0 fully saturated rings. The Labute approximate surface area is 107 Å². The molecular weight excluding hydrogens is 226 g/mol. The van der Waals surface area contributed by atoms with Gasteiger partial charge in [-0.2, -0.15) is 0 Å². The summed E-state index contributed by atoms with van der Waals surface area (Å²) in [6, 6.07) is 0.0913. The Balaban J connectivity index is 2.48. The average molecular weight is 245 g/mol. The van der Waals surface area contributed by atoms with Crippen molar-refractivity contribution in [3.63, 3.8) is 0 Å². The maximum Gasteiger partial charge on any atom is 0.115 e. The van der Waals surface area contributed by atoms with Crippen LogP contribution >= 0.6 is 0 Å². The van der Waals surface area contributed by atoms with Crippen LogP contribution in [0, 0.1) is 20.8 Å². The normalized spacial score (nSPS) is 12.7. The first kappa shape index (κ1) is 12.8. The minimum Gasteiger partial charge on any atom is -0.466 e.